The van der Waals surface area contributed by atoms with Gasteiger partial charge >= 0.3 is 0 Å². The van der Waals surface area contributed by atoms with Gasteiger partial charge in [0.2, 0.25) is 0 Å². The summed E-state index contributed by atoms with van der Waals surface area (Å²) in [6, 6.07) is 0. The van der Waals surface area contributed by atoms with Crippen LogP contribution in [0.15, 0.2) is 34.2 Å². The quantitative estimate of drug-likeness (QED) is 0.724. The largest absolute Gasteiger partial charge is 0.394 e. The molecule has 0 radical (unpaired) electrons. The number of aromatic nitrogens is 4. The molecule has 0 bridgehead atoms. The zero-order valence-corrected chi connectivity index (χ0v) is 12.5. The molecule has 0 unspecified atom stereocenters. The Hall–Kier alpha value is -1.67. The number of hydrogen-bond donors (Lipinski definition) is 2. The minimum Gasteiger partial charge on any atom is -0.394 e. The average Bonchev–Trinajstić information content (AvgIpc) is 2.95. The lowest BCUT2D eigenvalue weighted by molar-refractivity contribution is 0.266. The number of imidazole rings is 1. The van der Waals surface area contributed by atoms with Crippen molar-refractivity contribution in [2.45, 2.75) is 19.5 Å². The lowest BCUT2D eigenvalue weighted by atomic mass is 10.4. The Morgan fingerprint density at radius 3 is 2.95 bits per heavy atom. The third-order valence-electron chi connectivity index (χ3n) is 2.76. The first-order chi connectivity index (χ1) is 9.72. The molecule has 0 amide bonds. The fourth-order valence-electron chi connectivity index (χ4n) is 1.75. The smallest absolute Gasteiger partial charge is 0.283 e. The van der Waals surface area contributed by atoms with Crippen molar-refractivity contribution in [2.24, 2.45) is 0 Å². The van der Waals surface area contributed by atoms with Crippen LogP contribution in [-0.2, 0) is 13.1 Å². The SMILES string of the molecule is O=c1c(Br)c(NCCCn2ccnc2)cnn1CCO. The van der Waals surface area contributed by atoms with Crippen LogP contribution >= 0.6 is 15.9 Å². The molecule has 7 nitrogen and oxygen atoms in total. The molecule has 0 saturated heterocycles. The van der Waals surface area contributed by atoms with Crippen LogP contribution in [0.2, 0.25) is 0 Å². The van der Waals surface area contributed by atoms with Crippen LogP contribution in [0, 0.1) is 0 Å². The van der Waals surface area contributed by atoms with Crippen LogP contribution in [0.5, 0.6) is 0 Å². The first-order valence-corrected chi connectivity index (χ1v) is 7.07. The molecule has 8 heteroatoms. The molecule has 0 atom stereocenters. The van der Waals surface area contributed by atoms with Crippen molar-refractivity contribution in [3.8, 4) is 0 Å². The molecular weight excluding hydrogens is 326 g/mol. The minimum atomic E-state index is -0.251. The van der Waals surface area contributed by atoms with E-state index < -0.39 is 0 Å². The van der Waals surface area contributed by atoms with Crippen molar-refractivity contribution >= 4 is 21.6 Å². The maximum Gasteiger partial charge on any atom is 0.283 e. The molecule has 20 heavy (non-hydrogen) atoms. The first kappa shape index (κ1) is 14.7. The highest BCUT2D eigenvalue weighted by atomic mass is 79.9. The number of halogens is 1. The van der Waals surface area contributed by atoms with Gasteiger partial charge in [-0.1, -0.05) is 0 Å². The Kier molecular flexibility index (Phi) is 5.31. The van der Waals surface area contributed by atoms with E-state index in [4.69, 9.17) is 5.11 Å². The third kappa shape index (κ3) is 3.67. The second-order valence-corrected chi connectivity index (χ2v) is 5.00. The fraction of sp³-hybridized carbons (Fsp3) is 0.417. The van der Waals surface area contributed by atoms with Crippen LogP contribution in [0.1, 0.15) is 6.42 Å². The highest BCUT2D eigenvalue weighted by Gasteiger charge is 2.07. The lowest BCUT2D eigenvalue weighted by Crippen LogP contribution is -2.26. The molecule has 2 aromatic rings. The van der Waals surface area contributed by atoms with E-state index in [2.05, 4.69) is 31.3 Å². The van der Waals surface area contributed by atoms with Crippen LogP contribution in [0.3, 0.4) is 0 Å². The van der Waals surface area contributed by atoms with E-state index >= 15 is 0 Å². The number of rotatable bonds is 7. The topological polar surface area (TPSA) is 85.0 Å². The lowest BCUT2D eigenvalue weighted by Gasteiger charge is -2.10. The minimum absolute atomic E-state index is 0.114. The molecule has 0 aromatic carbocycles. The summed E-state index contributed by atoms with van der Waals surface area (Å²) in [4.78, 5) is 15.9. The van der Waals surface area contributed by atoms with Gasteiger partial charge in [-0.15, -0.1) is 0 Å². The van der Waals surface area contributed by atoms with E-state index in [1.54, 1.807) is 18.7 Å². The molecule has 0 fully saturated rings. The van der Waals surface area contributed by atoms with Gasteiger partial charge in [-0.3, -0.25) is 4.79 Å². The standard InChI is InChI=1S/C12H16BrN5O2/c13-11-10(8-16-18(6-7-19)12(11)20)15-2-1-4-17-5-3-14-9-17/h3,5,8-9,15,19H,1-2,4,6-7H2. The summed E-state index contributed by atoms with van der Waals surface area (Å²) in [6.45, 7) is 1.66. The van der Waals surface area contributed by atoms with Crippen molar-refractivity contribution in [1.29, 1.82) is 0 Å². The Balaban J connectivity index is 1.89. The maximum absolute atomic E-state index is 11.9. The van der Waals surface area contributed by atoms with E-state index in [9.17, 15) is 4.79 Å². The van der Waals surface area contributed by atoms with E-state index in [0.29, 0.717) is 10.2 Å². The van der Waals surface area contributed by atoms with E-state index in [1.807, 2.05) is 10.8 Å². The maximum atomic E-state index is 11.9. The molecular formula is C12H16BrN5O2. The Morgan fingerprint density at radius 2 is 2.25 bits per heavy atom. The van der Waals surface area contributed by atoms with E-state index in [0.717, 1.165) is 19.5 Å². The molecule has 0 aliphatic carbocycles. The Bertz CT molecular complexity index is 596. The Morgan fingerprint density at radius 1 is 1.40 bits per heavy atom. The number of aliphatic hydroxyl groups excluding tert-OH is 1. The predicted molar refractivity (Wildman–Crippen MR) is 78.6 cm³/mol. The number of hydrogen-bond acceptors (Lipinski definition) is 5. The van der Waals surface area contributed by atoms with Crippen molar-refractivity contribution in [3.05, 3.63) is 39.7 Å². The molecule has 0 aliphatic rings. The molecule has 2 heterocycles. The van der Waals surface area contributed by atoms with Crippen molar-refractivity contribution in [3.63, 3.8) is 0 Å². The number of aliphatic hydroxyl groups is 1. The Labute approximate surface area is 124 Å². The molecule has 0 spiro atoms. The second-order valence-electron chi connectivity index (χ2n) is 4.20. The highest BCUT2D eigenvalue weighted by Crippen LogP contribution is 2.15. The van der Waals surface area contributed by atoms with Crippen LogP contribution < -0.4 is 10.9 Å². The molecule has 2 N–H and O–H groups in total. The second kappa shape index (κ2) is 7.20. The summed E-state index contributed by atoms with van der Waals surface area (Å²) in [6.07, 6.45) is 7.91. The van der Waals surface area contributed by atoms with Crippen LogP contribution in [0.4, 0.5) is 5.69 Å². The average molecular weight is 342 g/mol. The van der Waals surface area contributed by atoms with Gasteiger partial charge < -0.3 is 15.0 Å². The van der Waals surface area contributed by atoms with Crippen molar-refractivity contribution in [1.82, 2.24) is 19.3 Å². The normalized spacial score (nSPS) is 10.7. The number of aryl methyl sites for hydroxylation is 1. The van der Waals surface area contributed by atoms with Gasteiger partial charge in [-0.05, 0) is 22.4 Å². The van der Waals surface area contributed by atoms with Gasteiger partial charge in [0.25, 0.3) is 5.56 Å². The molecule has 0 saturated carbocycles. The van der Waals surface area contributed by atoms with Gasteiger partial charge in [0, 0.05) is 25.5 Å². The molecule has 0 aliphatic heterocycles. The number of nitrogens with zero attached hydrogens (tertiary/aromatic N) is 4. The fourth-order valence-corrected chi connectivity index (χ4v) is 2.19. The summed E-state index contributed by atoms with van der Waals surface area (Å²) in [7, 11) is 0. The van der Waals surface area contributed by atoms with Crippen LogP contribution in [-0.4, -0.2) is 37.6 Å². The predicted octanol–water partition coefficient (Wildman–Crippen LogP) is 0.697. The van der Waals surface area contributed by atoms with E-state index in [-0.39, 0.29) is 18.7 Å². The molecule has 2 rings (SSSR count). The summed E-state index contributed by atoms with van der Waals surface area (Å²) in [5.74, 6) is 0. The zero-order chi connectivity index (χ0) is 14.4. The van der Waals surface area contributed by atoms with Crippen molar-refractivity contribution in [2.75, 3.05) is 18.5 Å². The van der Waals surface area contributed by atoms with Gasteiger partial charge in [-0.25, -0.2) is 9.67 Å². The first-order valence-electron chi connectivity index (χ1n) is 6.28. The monoisotopic (exact) mass is 341 g/mol. The van der Waals surface area contributed by atoms with Gasteiger partial charge in [0.1, 0.15) is 4.47 Å². The van der Waals surface area contributed by atoms with Crippen molar-refractivity contribution < 1.29 is 5.11 Å². The number of anilines is 1. The highest BCUT2D eigenvalue weighted by molar-refractivity contribution is 9.10. The van der Waals surface area contributed by atoms with E-state index in [1.165, 1.54) is 4.68 Å². The summed E-state index contributed by atoms with van der Waals surface area (Å²) in [5, 5.41) is 16.0. The summed E-state index contributed by atoms with van der Waals surface area (Å²) >= 11 is 3.26. The van der Waals surface area contributed by atoms with Gasteiger partial charge in [-0.2, -0.15) is 5.10 Å². The molecule has 108 valence electrons. The number of nitrogens with one attached hydrogen (secondary N) is 1. The molecule has 2 aromatic heterocycles. The third-order valence-corrected chi connectivity index (χ3v) is 3.53. The summed E-state index contributed by atoms with van der Waals surface area (Å²) in [5.41, 5.74) is 0.411. The summed E-state index contributed by atoms with van der Waals surface area (Å²) < 4.78 is 3.65. The van der Waals surface area contributed by atoms with Crippen LogP contribution in [0.25, 0.3) is 0 Å². The van der Waals surface area contributed by atoms with Gasteiger partial charge in [0.15, 0.2) is 0 Å². The zero-order valence-electron chi connectivity index (χ0n) is 10.9. The van der Waals surface area contributed by atoms with Gasteiger partial charge in [0.05, 0.1) is 31.4 Å².